The van der Waals surface area contributed by atoms with Crippen LogP contribution < -0.4 is 0 Å². The topological polar surface area (TPSA) is 61.5 Å². The first-order chi connectivity index (χ1) is 16.1. The molecule has 1 N–H and O–H groups in total. The predicted molar refractivity (Wildman–Crippen MR) is 131 cm³/mol. The average molecular weight is 447 g/mol. The number of likely N-dealkylation sites (tertiary alicyclic amines) is 1. The third-order valence-corrected chi connectivity index (χ3v) is 7.15. The molecule has 2 aliphatic heterocycles. The number of fused-ring (bicyclic) bond motifs is 1. The number of amides is 1. The van der Waals surface area contributed by atoms with Crippen molar-refractivity contribution in [2.24, 2.45) is 5.92 Å². The Hall–Kier alpha value is -2.70. The summed E-state index contributed by atoms with van der Waals surface area (Å²) in [6.45, 7) is 10.0. The smallest absolute Gasteiger partial charge is 0.226 e. The molecule has 5 rings (SSSR count). The Morgan fingerprint density at radius 1 is 1.18 bits per heavy atom. The zero-order valence-electron chi connectivity index (χ0n) is 19.7. The van der Waals surface area contributed by atoms with Gasteiger partial charge >= 0.3 is 0 Å². The van der Waals surface area contributed by atoms with E-state index in [1.807, 2.05) is 12.4 Å². The second-order valence-electron chi connectivity index (χ2n) is 9.64. The Balaban J connectivity index is 1.40. The number of benzene rings is 1. The van der Waals surface area contributed by atoms with Gasteiger partial charge < -0.3 is 14.6 Å². The van der Waals surface area contributed by atoms with Crippen LogP contribution in [-0.4, -0.2) is 71.6 Å². The van der Waals surface area contributed by atoms with Crippen molar-refractivity contribution >= 4 is 16.8 Å². The quantitative estimate of drug-likeness (QED) is 0.638. The normalized spacial score (nSPS) is 20.8. The number of carbonyl (C=O) groups excluding carboxylic acids is 1. The summed E-state index contributed by atoms with van der Waals surface area (Å²) < 4.78 is 5.46. The van der Waals surface area contributed by atoms with E-state index in [1.54, 1.807) is 0 Å². The molecule has 2 aliphatic rings. The molecule has 1 amide bonds. The minimum Gasteiger partial charge on any atom is -0.379 e. The maximum Gasteiger partial charge on any atom is 0.226 e. The number of aromatic amines is 1. The molecule has 174 valence electrons. The molecule has 4 heterocycles. The first-order valence-electron chi connectivity index (χ1n) is 12.2. The van der Waals surface area contributed by atoms with Crippen LogP contribution in [-0.2, 0) is 9.53 Å². The fourth-order valence-corrected chi connectivity index (χ4v) is 5.44. The van der Waals surface area contributed by atoms with Gasteiger partial charge in [0.05, 0.1) is 13.2 Å². The summed E-state index contributed by atoms with van der Waals surface area (Å²) in [5.74, 6) is 0.588. The molecule has 3 aromatic rings. The highest BCUT2D eigenvalue weighted by atomic mass is 16.5. The van der Waals surface area contributed by atoms with Crippen LogP contribution in [0, 0.1) is 12.8 Å². The molecule has 0 aliphatic carbocycles. The molecule has 0 saturated carbocycles. The van der Waals surface area contributed by atoms with Crippen LogP contribution >= 0.6 is 0 Å². The van der Waals surface area contributed by atoms with Gasteiger partial charge in [-0.25, -0.2) is 0 Å². The van der Waals surface area contributed by atoms with E-state index in [1.165, 1.54) is 27.8 Å². The van der Waals surface area contributed by atoms with Crippen molar-refractivity contribution in [2.75, 3.05) is 45.9 Å². The van der Waals surface area contributed by atoms with Crippen molar-refractivity contribution in [3.8, 4) is 11.1 Å². The van der Waals surface area contributed by atoms with Gasteiger partial charge in [0.25, 0.3) is 0 Å². The summed E-state index contributed by atoms with van der Waals surface area (Å²) in [5, 5.41) is 1.25. The van der Waals surface area contributed by atoms with Gasteiger partial charge in [0.15, 0.2) is 0 Å². The summed E-state index contributed by atoms with van der Waals surface area (Å²) in [6.07, 6.45) is 5.84. The van der Waals surface area contributed by atoms with Gasteiger partial charge in [-0.1, -0.05) is 18.6 Å². The molecular formula is C27H34N4O2. The van der Waals surface area contributed by atoms with Crippen LogP contribution in [0.3, 0.4) is 0 Å². The third kappa shape index (κ3) is 4.68. The Morgan fingerprint density at radius 3 is 2.76 bits per heavy atom. The highest BCUT2D eigenvalue weighted by Crippen LogP contribution is 2.39. The number of piperidine rings is 1. The van der Waals surface area contributed by atoms with E-state index in [2.05, 4.69) is 63.9 Å². The number of ether oxygens (including phenoxy) is 1. The molecule has 6 heteroatoms. The first-order valence-corrected chi connectivity index (χ1v) is 12.2. The van der Waals surface area contributed by atoms with Gasteiger partial charge in [-0.3, -0.25) is 14.7 Å². The second kappa shape index (κ2) is 9.65. The van der Waals surface area contributed by atoms with Crippen LogP contribution in [0.2, 0.25) is 0 Å². The van der Waals surface area contributed by atoms with E-state index >= 15 is 0 Å². The number of carbonyl (C=O) groups is 1. The molecule has 0 spiro atoms. The van der Waals surface area contributed by atoms with Crippen LogP contribution in [0.25, 0.3) is 22.0 Å². The summed E-state index contributed by atoms with van der Waals surface area (Å²) in [6, 6.07) is 10.8. The lowest BCUT2D eigenvalue weighted by atomic mass is 9.89. The van der Waals surface area contributed by atoms with Crippen molar-refractivity contribution in [1.82, 2.24) is 19.8 Å². The van der Waals surface area contributed by atoms with E-state index in [4.69, 9.17) is 4.74 Å². The summed E-state index contributed by atoms with van der Waals surface area (Å²) >= 11 is 0. The highest BCUT2D eigenvalue weighted by Gasteiger charge is 2.31. The summed E-state index contributed by atoms with van der Waals surface area (Å²) in [5.41, 5.74) is 6.10. The van der Waals surface area contributed by atoms with Crippen molar-refractivity contribution in [3.63, 3.8) is 0 Å². The molecular weight excluding hydrogens is 412 g/mol. The molecule has 2 atom stereocenters. The molecule has 2 aromatic heterocycles. The Labute approximate surface area is 195 Å². The minimum absolute atomic E-state index is 0.00637. The van der Waals surface area contributed by atoms with Gasteiger partial charge in [0.2, 0.25) is 5.91 Å². The van der Waals surface area contributed by atoms with E-state index in [0.717, 1.165) is 64.3 Å². The van der Waals surface area contributed by atoms with Crippen molar-refractivity contribution < 1.29 is 9.53 Å². The number of morpholine rings is 1. The fourth-order valence-electron chi connectivity index (χ4n) is 5.44. The van der Waals surface area contributed by atoms with E-state index in [9.17, 15) is 4.79 Å². The van der Waals surface area contributed by atoms with E-state index in [0.29, 0.717) is 5.92 Å². The lowest BCUT2D eigenvalue weighted by Gasteiger charge is -2.36. The minimum atomic E-state index is 0.00637. The third-order valence-electron chi connectivity index (χ3n) is 7.15. The van der Waals surface area contributed by atoms with E-state index in [-0.39, 0.29) is 11.8 Å². The van der Waals surface area contributed by atoms with Crippen molar-refractivity contribution in [3.05, 3.63) is 54.0 Å². The van der Waals surface area contributed by atoms with Crippen LogP contribution in [0.4, 0.5) is 0 Å². The lowest BCUT2D eigenvalue weighted by molar-refractivity contribution is -0.137. The molecule has 0 radical (unpaired) electrons. The van der Waals surface area contributed by atoms with Gasteiger partial charge in [0, 0.05) is 79.1 Å². The lowest BCUT2D eigenvalue weighted by Crippen LogP contribution is -2.46. The molecule has 2 saturated heterocycles. The maximum absolute atomic E-state index is 13.4. The number of hydrogen-bond acceptors (Lipinski definition) is 4. The molecule has 0 unspecified atom stereocenters. The molecule has 6 nitrogen and oxygen atoms in total. The second-order valence-corrected chi connectivity index (χ2v) is 9.64. The van der Waals surface area contributed by atoms with Crippen LogP contribution in [0.1, 0.15) is 36.9 Å². The van der Waals surface area contributed by atoms with Crippen molar-refractivity contribution in [1.29, 1.82) is 0 Å². The molecule has 33 heavy (non-hydrogen) atoms. The molecule has 2 fully saturated rings. The number of H-pyrrole nitrogens is 1. The van der Waals surface area contributed by atoms with Gasteiger partial charge in [0.1, 0.15) is 0 Å². The number of nitrogens with zero attached hydrogens (tertiary/aromatic N) is 3. The fraction of sp³-hybridized carbons (Fsp3) is 0.481. The van der Waals surface area contributed by atoms with Crippen LogP contribution in [0.5, 0.6) is 0 Å². The standard InChI is InChI=1S/C27H34N4O2/c1-19-5-6-24-23(16-19)25(21-7-9-28-10-8-21)26(29-24)22-4-3-11-31(18-22)27(32)20(2)17-30-12-14-33-15-13-30/h5-10,16,20,22,29H,3-4,11-15,17-18H2,1-2H3/t20-,22+/m1/s1. The van der Waals surface area contributed by atoms with Gasteiger partial charge in [-0.2, -0.15) is 0 Å². The molecule has 1 aromatic carbocycles. The van der Waals surface area contributed by atoms with E-state index < -0.39 is 0 Å². The van der Waals surface area contributed by atoms with Gasteiger partial charge in [-0.05, 0) is 49.6 Å². The number of aromatic nitrogens is 2. The zero-order chi connectivity index (χ0) is 22.8. The summed E-state index contributed by atoms with van der Waals surface area (Å²) in [4.78, 5) is 25.8. The largest absolute Gasteiger partial charge is 0.379 e. The average Bonchev–Trinajstić information content (AvgIpc) is 3.23. The number of hydrogen-bond donors (Lipinski definition) is 1. The number of aryl methyl sites for hydroxylation is 1. The number of rotatable bonds is 5. The monoisotopic (exact) mass is 446 g/mol. The first kappa shape index (κ1) is 22.1. The Bertz CT molecular complexity index is 1100. The SMILES string of the molecule is Cc1ccc2[nH]c([C@H]3CCCN(C(=O)[C@H](C)CN4CCOCC4)C3)c(-c3ccncc3)c2c1. The molecule has 0 bridgehead atoms. The maximum atomic E-state index is 13.4. The highest BCUT2D eigenvalue weighted by molar-refractivity contribution is 5.98. The number of pyridine rings is 1. The summed E-state index contributed by atoms with van der Waals surface area (Å²) in [7, 11) is 0. The van der Waals surface area contributed by atoms with Gasteiger partial charge in [-0.15, -0.1) is 0 Å². The van der Waals surface area contributed by atoms with Crippen LogP contribution in [0.15, 0.2) is 42.7 Å². The number of nitrogens with one attached hydrogen (secondary N) is 1. The Kier molecular flexibility index (Phi) is 6.47. The zero-order valence-corrected chi connectivity index (χ0v) is 19.7. The van der Waals surface area contributed by atoms with Crippen molar-refractivity contribution in [2.45, 2.75) is 32.6 Å². The Morgan fingerprint density at radius 2 is 1.97 bits per heavy atom. The predicted octanol–water partition coefficient (Wildman–Crippen LogP) is 4.21.